The Morgan fingerprint density at radius 1 is 1.30 bits per heavy atom. The van der Waals surface area contributed by atoms with Crippen LogP contribution in [0.5, 0.6) is 5.75 Å². The highest BCUT2D eigenvalue weighted by molar-refractivity contribution is 7.12. The van der Waals surface area contributed by atoms with Crippen molar-refractivity contribution >= 4 is 22.9 Å². The second kappa shape index (κ2) is 6.00. The van der Waals surface area contributed by atoms with Gasteiger partial charge in [0, 0.05) is 9.75 Å². The lowest BCUT2D eigenvalue weighted by Gasteiger charge is -2.11. The van der Waals surface area contributed by atoms with Crippen molar-refractivity contribution in [2.75, 3.05) is 5.32 Å². The lowest BCUT2D eigenvalue weighted by atomic mass is 10.2. The van der Waals surface area contributed by atoms with Crippen molar-refractivity contribution < 1.29 is 18.3 Å². The van der Waals surface area contributed by atoms with Gasteiger partial charge in [0.25, 0.3) is 5.91 Å². The fourth-order valence-corrected chi connectivity index (χ4v) is 2.74. The van der Waals surface area contributed by atoms with Crippen LogP contribution in [-0.4, -0.2) is 12.5 Å². The molecule has 0 spiro atoms. The summed E-state index contributed by atoms with van der Waals surface area (Å²) in [6.07, 6.45) is 0. The van der Waals surface area contributed by atoms with Gasteiger partial charge in [-0.3, -0.25) is 4.79 Å². The predicted octanol–water partition coefficient (Wildman–Crippen LogP) is 4.22. The van der Waals surface area contributed by atoms with Crippen molar-refractivity contribution in [2.45, 2.75) is 20.5 Å². The molecule has 0 saturated carbocycles. The first-order valence-electron chi connectivity index (χ1n) is 5.89. The molecule has 0 aliphatic carbocycles. The molecule has 0 aliphatic heterocycles. The maximum Gasteiger partial charge on any atom is 0.387 e. The number of amides is 1. The smallest absolute Gasteiger partial charge is 0.387 e. The average molecular weight is 297 g/mol. The van der Waals surface area contributed by atoms with Gasteiger partial charge in [-0.15, -0.1) is 11.3 Å². The lowest BCUT2D eigenvalue weighted by Crippen LogP contribution is -2.14. The molecule has 0 bridgehead atoms. The second-order valence-electron chi connectivity index (χ2n) is 4.16. The molecule has 2 aromatic rings. The third-order valence-electron chi connectivity index (χ3n) is 2.64. The first-order chi connectivity index (χ1) is 9.47. The predicted molar refractivity (Wildman–Crippen MR) is 74.8 cm³/mol. The van der Waals surface area contributed by atoms with Crippen LogP contribution in [-0.2, 0) is 0 Å². The molecule has 0 radical (unpaired) electrons. The summed E-state index contributed by atoms with van der Waals surface area (Å²) < 4.78 is 29.0. The van der Waals surface area contributed by atoms with E-state index in [4.69, 9.17) is 0 Å². The van der Waals surface area contributed by atoms with Gasteiger partial charge >= 0.3 is 6.61 Å². The maximum atomic E-state index is 12.3. The van der Waals surface area contributed by atoms with E-state index in [-0.39, 0.29) is 17.3 Å². The molecule has 1 amide bonds. The summed E-state index contributed by atoms with van der Waals surface area (Å²) in [4.78, 5) is 14.0. The van der Waals surface area contributed by atoms with Crippen LogP contribution in [0.25, 0.3) is 0 Å². The van der Waals surface area contributed by atoms with Crippen molar-refractivity contribution in [1.82, 2.24) is 0 Å². The minimum Gasteiger partial charge on any atom is -0.433 e. The molecule has 6 heteroatoms. The fraction of sp³-hybridized carbons (Fsp3) is 0.214. The maximum absolute atomic E-state index is 12.3. The standard InChI is InChI=1S/C14H13F2NO2S/c1-8-7-10(9(2)20-8)13(18)17-11-5-3-4-6-12(11)19-14(15)16/h3-7,14H,1-2H3,(H,17,18). The van der Waals surface area contributed by atoms with Gasteiger partial charge in [0.1, 0.15) is 5.75 Å². The van der Waals surface area contributed by atoms with E-state index in [1.54, 1.807) is 18.2 Å². The van der Waals surface area contributed by atoms with Gasteiger partial charge < -0.3 is 10.1 Å². The molecule has 0 saturated heterocycles. The van der Waals surface area contributed by atoms with E-state index in [1.807, 2.05) is 13.8 Å². The van der Waals surface area contributed by atoms with Crippen molar-refractivity contribution in [3.05, 3.63) is 45.6 Å². The molecule has 1 N–H and O–H groups in total. The Bertz CT molecular complexity index is 625. The van der Waals surface area contributed by atoms with E-state index >= 15 is 0 Å². The van der Waals surface area contributed by atoms with Crippen molar-refractivity contribution in [3.8, 4) is 5.75 Å². The number of ether oxygens (including phenoxy) is 1. The fourth-order valence-electron chi connectivity index (χ4n) is 1.81. The Morgan fingerprint density at radius 2 is 2.00 bits per heavy atom. The zero-order valence-electron chi connectivity index (χ0n) is 10.9. The van der Waals surface area contributed by atoms with E-state index in [2.05, 4.69) is 10.1 Å². The zero-order valence-corrected chi connectivity index (χ0v) is 11.8. The largest absolute Gasteiger partial charge is 0.433 e. The van der Waals surface area contributed by atoms with E-state index in [0.29, 0.717) is 5.56 Å². The number of halogens is 2. The molecule has 0 fully saturated rings. The summed E-state index contributed by atoms with van der Waals surface area (Å²) in [7, 11) is 0. The Labute approximate surface area is 119 Å². The molecule has 0 aliphatic rings. The second-order valence-corrected chi connectivity index (χ2v) is 5.62. The first-order valence-corrected chi connectivity index (χ1v) is 6.71. The number of nitrogens with one attached hydrogen (secondary N) is 1. The number of carbonyl (C=O) groups excluding carboxylic acids is 1. The summed E-state index contributed by atoms with van der Waals surface area (Å²) in [6, 6.07) is 7.87. The number of anilines is 1. The molecule has 3 nitrogen and oxygen atoms in total. The van der Waals surface area contributed by atoms with Gasteiger partial charge in [-0.2, -0.15) is 8.78 Å². The van der Waals surface area contributed by atoms with Crippen molar-refractivity contribution in [1.29, 1.82) is 0 Å². The number of alkyl halides is 2. The van der Waals surface area contributed by atoms with Gasteiger partial charge in [0.15, 0.2) is 0 Å². The number of hydrogen-bond acceptors (Lipinski definition) is 3. The van der Waals surface area contributed by atoms with Gasteiger partial charge in [-0.05, 0) is 32.0 Å². The Balaban J connectivity index is 2.22. The van der Waals surface area contributed by atoms with E-state index in [0.717, 1.165) is 9.75 Å². The number of rotatable bonds is 4. The van der Waals surface area contributed by atoms with E-state index in [1.165, 1.54) is 23.5 Å². The molecule has 0 unspecified atom stereocenters. The number of hydrogen-bond donors (Lipinski definition) is 1. The molecule has 1 heterocycles. The molecule has 106 valence electrons. The number of carbonyl (C=O) groups is 1. The minimum absolute atomic E-state index is 0.0551. The highest BCUT2D eigenvalue weighted by Crippen LogP contribution is 2.27. The summed E-state index contributed by atoms with van der Waals surface area (Å²) >= 11 is 1.51. The van der Waals surface area contributed by atoms with Crippen molar-refractivity contribution in [3.63, 3.8) is 0 Å². The van der Waals surface area contributed by atoms with Gasteiger partial charge in [0.05, 0.1) is 11.3 Å². The quantitative estimate of drug-likeness (QED) is 0.917. The summed E-state index contributed by atoms with van der Waals surface area (Å²) in [5.41, 5.74) is 0.764. The van der Waals surface area contributed by atoms with E-state index in [9.17, 15) is 13.6 Å². The number of aryl methyl sites for hydroxylation is 2. The van der Waals surface area contributed by atoms with Crippen LogP contribution >= 0.6 is 11.3 Å². The lowest BCUT2D eigenvalue weighted by molar-refractivity contribution is -0.0493. The van der Waals surface area contributed by atoms with Gasteiger partial charge in [-0.1, -0.05) is 12.1 Å². The summed E-state index contributed by atoms with van der Waals surface area (Å²) in [5, 5.41) is 2.60. The SMILES string of the molecule is Cc1cc(C(=O)Nc2ccccc2OC(F)F)c(C)s1. The Kier molecular flexibility index (Phi) is 4.34. The Morgan fingerprint density at radius 3 is 2.60 bits per heavy atom. The Hall–Kier alpha value is -1.95. The topological polar surface area (TPSA) is 38.3 Å². The van der Waals surface area contributed by atoms with Crippen LogP contribution in [0.4, 0.5) is 14.5 Å². The van der Waals surface area contributed by atoms with Crippen LogP contribution in [0.2, 0.25) is 0 Å². The molecule has 2 rings (SSSR count). The van der Waals surface area contributed by atoms with Crippen LogP contribution in [0, 0.1) is 13.8 Å². The van der Waals surface area contributed by atoms with Gasteiger partial charge in [0.2, 0.25) is 0 Å². The number of benzene rings is 1. The summed E-state index contributed by atoms with van der Waals surface area (Å²) in [5.74, 6) is -0.391. The molecule has 1 aromatic heterocycles. The van der Waals surface area contributed by atoms with Gasteiger partial charge in [-0.25, -0.2) is 0 Å². The van der Waals surface area contributed by atoms with Crippen LogP contribution in [0.3, 0.4) is 0 Å². The monoisotopic (exact) mass is 297 g/mol. The zero-order chi connectivity index (χ0) is 14.7. The number of para-hydroxylation sites is 2. The molecular formula is C14H13F2NO2S. The van der Waals surface area contributed by atoms with Crippen molar-refractivity contribution in [2.24, 2.45) is 0 Å². The third kappa shape index (κ3) is 3.33. The van der Waals surface area contributed by atoms with E-state index < -0.39 is 6.61 Å². The molecular weight excluding hydrogens is 284 g/mol. The highest BCUT2D eigenvalue weighted by atomic mass is 32.1. The normalized spacial score (nSPS) is 10.7. The minimum atomic E-state index is -2.93. The molecule has 20 heavy (non-hydrogen) atoms. The van der Waals surface area contributed by atoms with Crippen LogP contribution in [0.1, 0.15) is 20.1 Å². The summed E-state index contributed by atoms with van der Waals surface area (Å²) in [6.45, 7) is 0.814. The van der Waals surface area contributed by atoms with Crippen LogP contribution in [0.15, 0.2) is 30.3 Å². The first kappa shape index (κ1) is 14.5. The number of thiophene rings is 1. The average Bonchev–Trinajstić information content (AvgIpc) is 2.70. The molecule has 0 atom stereocenters. The molecule has 1 aromatic carbocycles. The third-order valence-corrected chi connectivity index (χ3v) is 3.60. The van der Waals surface area contributed by atoms with Crippen LogP contribution < -0.4 is 10.1 Å². The highest BCUT2D eigenvalue weighted by Gasteiger charge is 2.15.